The lowest BCUT2D eigenvalue weighted by molar-refractivity contribution is -0.384. The number of carbonyl (C=O) groups excluding carboxylic acids is 2. The van der Waals surface area contributed by atoms with Crippen molar-refractivity contribution in [3.63, 3.8) is 0 Å². The Bertz CT molecular complexity index is 692. The first-order valence-corrected chi connectivity index (χ1v) is 8.70. The molecule has 0 unspecified atom stereocenters. The number of piperidine rings is 1. The maximum Gasteiger partial charge on any atom is 0.345 e. The highest BCUT2D eigenvalue weighted by molar-refractivity contribution is 5.86. The minimum absolute atomic E-state index is 0.0391. The number of esters is 1. The second-order valence-electron chi connectivity index (χ2n) is 6.37. The van der Waals surface area contributed by atoms with Gasteiger partial charge in [0.1, 0.15) is 11.8 Å². The lowest BCUT2D eigenvalue weighted by Gasteiger charge is -2.28. The molecule has 9 nitrogen and oxygen atoms in total. The van der Waals surface area contributed by atoms with E-state index in [9.17, 15) is 19.7 Å². The van der Waals surface area contributed by atoms with E-state index in [2.05, 4.69) is 0 Å². The van der Waals surface area contributed by atoms with Gasteiger partial charge in [0, 0.05) is 18.7 Å². The summed E-state index contributed by atoms with van der Waals surface area (Å²) in [4.78, 5) is 42.2. The topological polar surface area (TPSA) is 102 Å². The average Bonchev–Trinajstić information content (AvgIpc) is 2.87. The molecule has 2 atom stereocenters. The molecule has 3 rings (SSSR count). The second-order valence-corrected chi connectivity index (χ2v) is 6.37. The van der Waals surface area contributed by atoms with Crippen molar-refractivity contribution >= 4 is 17.7 Å². The summed E-state index contributed by atoms with van der Waals surface area (Å²) in [5.74, 6) is -0.327. The SMILES string of the molecule is CCCCON1C(=O)N2C[C@@H]1CC[C@H]2C(=O)Oc1ccc([N+](=O)[O-])cc1. The first kappa shape index (κ1) is 18.1. The number of non-ortho nitro benzene ring substituents is 1. The number of nitrogens with zero attached hydrogens (tertiary/aromatic N) is 3. The summed E-state index contributed by atoms with van der Waals surface area (Å²) in [7, 11) is 0. The van der Waals surface area contributed by atoms with E-state index < -0.39 is 16.9 Å². The van der Waals surface area contributed by atoms with Crippen molar-refractivity contribution in [1.29, 1.82) is 0 Å². The molecule has 0 radical (unpaired) electrons. The fourth-order valence-electron chi connectivity index (χ4n) is 3.17. The van der Waals surface area contributed by atoms with E-state index in [1.165, 1.54) is 34.2 Å². The highest BCUT2D eigenvalue weighted by Gasteiger charge is 2.48. The molecule has 0 aliphatic carbocycles. The van der Waals surface area contributed by atoms with Crippen molar-refractivity contribution in [3.05, 3.63) is 34.4 Å². The largest absolute Gasteiger partial charge is 0.425 e. The van der Waals surface area contributed by atoms with Gasteiger partial charge < -0.3 is 9.64 Å². The number of hydrogen-bond acceptors (Lipinski definition) is 6. The standard InChI is InChI=1S/C17H21N3O6/c1-2-3-10-25-19-13-6-9-15(18(11-13)17(19)22)16(21)26-14-7-4-12(5-8-14)20(23)24/h4-5,7-8,13,15H,2-3,6,9-11H2,1H3/t13-,15-/m0/s1. The van der Waals surface area contributed by atoms with Crippen LogP contribution in [0.3, 0.4) is 0 Å². The predicted octanol–water partition coefficient (Wildman–Crippen LogP) is 2.50. The molecule has 2 aliphatic rings. The van der Waals surface area contributed by atoms with Gasteiger partial charge in [0.25, 0.3) is 5.69 Å². The van der Waals surface area contributed by atoms with Crippen molar-refractivity contribution in [1.82, 2.24) is 9.96 Å². The Labute approximate surface area is 150 Å². The molecule has 140 valence electrons. The number of urea groups is 1. The number of amides is 2. The number of hydrogen-bond donors (Lipinski definition) is 0. The van der Waals surface area contributed by atoms with Gasteiger partial charge in [-0.25, -0.2) is 9.59 Å². The highest BCUT2D eigenvalue weighted by Crippen LogP contribution is 2.31. The van der Waals surface area contributed by atoms with Crippen LogP contribution in [0, 0.1) is 10.1 Å². The molecule has 2 fully saturated rings. The fourth-order valence-corrected chi connectivity index (χ4v) is 3.17. The van der Waals surface area contributed by atoms with Crippen LogP contribution in [0.2, 0.25) is 0 Å². The third-order valence-corrected chi connectivity index (χ3v) is 4.59. The monoisotopic (exact) mass is 363 g/mol. The number of rotatable bonds is 7. The van der Waals surface area contributed by atoms with Gasteiger partial charge >= 0.3 is 12.0 Å². The van der Waals surface area contributed by atoms with Crippen LogP contribution >= 0.6 is 0 Å². The van der Waals surface area contributed by atoms with Crippen molar-refractivity contribution in [2.45, 2.75) is 44.7 Å². The molecule has 0 N–H and O–H groups in total. The van der Waals surface area contributed by atoms with Gasteiger partial charge in [-0.3, -0.25) is 15.0 Å². The van der Waals surface area contributed by atoms with Gasteiger partial charge in [-0.1, -0.05) is 13.3 Å². The maximum absolute atomic E-state index is 12.5. The van der Waals surface area contributed by atoms with Gasteiger partial charge in [-0.15, -0.1) is 0 Å². The first-order valence-electron chi connectivity index (χ1n) is 8.70. The maximum atomic E-state index is 12.5. The van der Waals surface area contributed by atoms with E-state index in [4.69, 9.17) is 9.57 Å². The van der Waals surface area contributed by atoms with Crippen LogP contribution in [0.25, 0.3) is 0 Å². The summed E-state index contributed by atoms with van der Waals surface area (Å²) < 4.78 is 5.31. The number of carbonyl (C=O) groups is 2. The number of nitro groups is 1. The molecule has 26 heavy (non-hydrogen) atoms. The molecule has 1 aromatic carbocycles. The zero-order valence-corrected chi connectivity index (χ0v) is 14.5. The molecule has 9 heteroatoms. The summed E-state index contributed by atoms with van der Waals surface area (Å²) in [5.41, 5.74) is -0.0834. The zero-order chi connectivity index (χ0) is 18.7. The molecule has 2 heterocycles. The number of fused-ring (bicyclic) bond motifs is 2. The zero-order valence-electron chi connectivity index (χ0n) is 14.5. The second kappa shape index (κ2) is 7.69. The summed E-state index contributed by atoms with van der Waals surface area (Å²) in [6.07, 6.45) is 2.99. The number of ether oxygens (including phenoxy) is 1. The molecular formula is C17H21N3O6. The number of unbranched alkanes of at least 4 members (excludes halogenated alkanes) is 1. The normalized spacial score (nSPS) is 21.8. The van der Waals surface area contributed by atoms with Gasteiger partial charge in [0.15, 0.2) is 0 Å². The summed E-state index contributed by atoms with van der Waals surface area (Å²) in [5, 5.41) is 12.1. The molecule has 2 aliphatic heterocycles. The summed E-state index contributed by atoms with van der Waals surface area (Å²) in [6.45, 7) is 2.96. The number of nitro benzene ring substituents is 1. The molecule has 0 aromatic heterocycles. The smallest absolute Gasteiger partial charge is 0.345 e. The Kier molecular flexibility index (Phi) is 5.36. The Morgan fingerprint density at radius 3 is 2.69 bits per heavy atom. The van der Waals surface area contributed by atoms with E-state index in [-0.39, 0.29) is 23.5 Å². The van der Waals surface area contributed by atoms with E-state index in [1.807, 2.05) is 6.92 Å². The van der Waals surface area contributed by atoms with Crippen molar-refractivity contribution in [2.24, 2.45) is 0 Å². The van der Waals surface area contributed by atoms with Crippen molar-refractivity contribution in [3.8, 4) is 5.75 Å². The molecule has 0 spiro atoms. The summed E-state index contributed by atoms with van der Waals surface area (Å²) in [6, 6.07) is 4.25. The average molecular weight is 363 g/mol. The third kappa shape index (κ3) is 3.62. The predicted molar refractivity (Wildman–Crippen MR) is 90.3 cm³/mol. The fraction of sp³-hybridized carbons (Fsp3) is 0.529. The van der Waals surface area contributed by atoms with Gasteiger partial charge in [-0.05, 0) is 31.4 Å². The van der Waals surface area contributed by atoms with Gasteiger partial charge in [0.05, 0.1) is 17.6 Å². The van der Waals surface area contributed by atoms with Crippen LogP contribution in [-0.2, 0) is 9.63 Å². The molecule has 2 saturated heterocycles. The van der Waals surface area contributed by atoms with Crippen molar-refractivity contribution < 1.29 is 24.1 Å². The van der Waals surface area contributed by atoms with Crippen LogP contribution in [0.1, 0.15) is 32.6 Å². The van der Waals surface area contributed by atoms with E-state index in [0.717, 1.165) is 12.8 Å². The minimum Gasteiger partial charge on any atom is -0.425 e. The Morgan fingerprint density at radius 1 is 1.31 bits per heavy atom. The van der Waals surface area contributed by atoms with Gasteiger partial charge in [-0.2, -0.15) is 5.06 Å². The minimum atomic E-state index is -0.672. The Balaban J connectivity index is 1.62. The molecule has 1 aromatic rings. The van der Waals surface area contributed by atoms with Crippen LogP contribution in [0.15, 0.2) is 24.3 Å². The third-order valence-electron chi connectivity index (χ3n) is 4.59. The number of benzene rings is 1. The first-order chi connectivity index (χ1) is 12.5. The van der Waals surface area contributed by atoms with E-state index in [0.29, 0.717) is 26.0 Å². The highest BCUT2D eigenvalue weighted by atomic mass is 16.7. The quantitative estimate of drug-likeness (QED) is 0.242. The number of hydroxylamine groups is 2. The van der Waals surface area contributed by atoms with Gasteiger partial charge in [0.2, 0.25) is 0 Å². The molecule has 2 amide bonds. The molecule has 2 bridgehead atoms. The lowest BCUT2D eigenvalue weighted by Crippen LogP contribution is -2.46. The van der Waals surface area contributed by atoms with Crippen LogP contribution in [-0.4, -0.2) is 52.1 Å². The van der Waals surface area contributed by atoms with Crippen LogP contribution in [0.5, 0.6) is 5.75 Å². The molecular weight excluding hydrogens is 342 g/mol. The van der Waals surface area contributed by atoms with E-state index >= 15 is 0 Å². The summed E-state index contributed by atoms with van der Waals surface area (Å²) >= 11 is 0. The lowest BCUT2D eigenvalue weighted by atomic mass is 10.0. The van der Waals surface area contributed by atoms with Crippen LogP contribution in [0.4, 0.5) is 10.5 Å². The van der Waals surface area contributed by atoms with Crippen LogP contribution < -0.4 is 4.74 Å². The molecule has 0 saturated carbocycles. The Hall–Kier alpha value is -2.68. The van der Waals surface area contributed by atoms with Crippen molar-refractivity contribution in [2.75, 3.05) is 13.2 Å². The van der Waals surface area contributed by atoms with E-state index in [1.54, 1.807) is 0 Å². The Morgan fingerprint density at radius 2 is 2.04 bits per heavy atom.